The molecule has 2 aliphatic rings. The van der Waals surface area contributed by atoms with E-state index in [1.54, 1.807) is 6.92 Å². The summed E-state index contributed by atoms with van der Waals surface area (Å²) in [4.78, 5) is 14.9. The van der Waals surface area contributed by atoms with Crippen molar-refractivity contribution < 1.29 is 9.53 Å². The average Bonchev–Trinajstić information content (AvgIpc) is 2.95. The molecular formula is C17H24N4O2. The normalized spacial score (nSPS) is 28.1. The van der Waals surface area contributed by atoms with Gasteiger partial charge in [0.2, 0.25) is 0 Å². The van der Waals surface area contributed by atoms with Gasteiger partial charge >= 0.3 is 6.09 Å². The Morgan fingerprint density at radius 2 is 1.96 bits per heavy atom. The van der Waals surface area contributed by atoms with Crippen LogP contribution in [0.5, 0.6) is 0 Å². The first-order valence-corrected chi connectivity index (χ1v) is 8.39. The summed E-state index contributed by atoms with van der Waals surface area (Å²) in [5, 5.41) is 9.96. The maximum absolute atomic E-state index is 12.5. The number of hydrogen-bond donors (Lipinski definition) is 0. The molecule has 0 N–H and O–H groups in total. The van der Waals surface area contributed by atoms with Gasteiger partial charge in [0.1, 0.15) is 6.04 Å². The summed E-state index contributed by atoms with van der Waals surface area (Å²) in [6, 6.07) is 9.93. The lowest BCUT2D eigenvalue weighted by Gasteiger charge is -2.47. The predicted octanol–water partition coefficient (Wildman–Crippen LogP) is 3.55. The van der Waals surface area contributed by atoms with Crippen LogP contribution in [0.2, 0.25) is 0 Å². The first-order chi connectivity index (χ1) is 11.2. The lowest BCUT2D eigenvalue weighted by molar-refractivity contribution is -0.0590. The van der Waals surface area contributed by atoms with E-state index in [9.17, 15) is 4.79 Å². The van der Waals surface area contributed by atoms with E-state index in [0.29, 0.717) is 6.61 Å². The fraction of sp³-hybridized carbons (Fsp3) is 0.588. The highest BCUT2D eigenvalue weighted by Gasteiger charge is 2.55. The Balaban J connectivity index is 2.08. The van der Waals surface area contributed by atoms with Crippen LogP contribution in [-0.4, -0.2) is 41.7 Å². The lowest BCUT2D eigenvalue weighted by atomic mass is 9.88. The summed E-state index contributed by atoms with van der Waals surface area (Å²) in [5.41, 5.74) is 0.348. The van der Waals surface area contributed by atoms with Crippen LogP contribution in [0.15, 0.2) is 40.7 Å². The zero-order valence-electron chi connectivity index (χ0n) is 13.8. The van der Waals surface area contributed by atoms with Crippen molar-refractivity contribution in [3.8, 4) is 0 Å². The number of amides is 1. The second-order valence-corrected chi connectivity index (χ2v) is 6.03. The van der Waals surface area contributed by atoms with E-state index in [1.807, 2.05) is 37.3 Å². The number of nitrogens with zero attached hydrogens (tertiary/aromatic N) is 4. The molecule has 1 aromatic rings. The van der Waals surface area contributed by atoms with Gasteiger partial charge in [0, 0.05) is 13.1 Å². The SMILES string of the molecule is CCOC(=O)N1N=NC(C)C1(c1ccccc1)N1CCCCC1. The third-order valence-corrected chi connectivity index (χ3v) is 4.70. The minimum absolute atomic E-state index is 0.146. The molecule has 0 saturated carbocycles. The zero-order valence-corrected chi connectivity index (χ0v) is 13.8. The Bertz CT molecular complexity index is 571. The molecular weight excluding hydrogens is 292 g/mol. The zero-order chi connectivity index (χ0) is 16.3. The number of rotatable bonds is 3. The van der Waals surface area contributed by atoms with Crippen molar-refractivity contribution in [3.63, 3.8) is 0 Å². The van der Waals surface area contributed by atoms with Crippen molar-refractivity contribution in [2.45, 2.75) is 44.8 Å². The topological polar surface area (TPSA) is 57.5 Å². The molecule has 0 spiro atoms. The van der Waals surface area contributed by atoms with Gasteiger partial charge in [-0.05, 0) is 32.3 Å². The molecule has 0 radical (unpaired) electrons. The maximum Gasteiger partial charge on any atom is 0.434 e. The van der Waals surface area contributed by atoms with E-state index in [0.717, 1.165) is 31.5 Å². The fourth-order valence-corrected chi connectivity index (χ4v) is 3.68. The molecule has 1 amide bonds. The van der Waals surface area contributed by atoms with Gasteiger partial charge in [-0.1, -0.05) is 42.0 Å². The van der Waals surface area contributed by atoms with Gasteiger partial charge in [0.15, 0.2) is 5.66 Å². The van der Waals surface area contributed by atoms with Gasteiger partial charge in [-0.2, -0.15) is 10.1 Å². The van der Waals surface area contributed by atoms with Crippen molar-refractivity contribution in [3.05, 3.63) is 35.9 Å². The summed E-state index contributed by atoms with van der Waals surface area (Å²) in [5.74, 6) is 0. The van der Waals surface area contributed by atoms with Crippen LogP contribution < -0.4 is 0 Å². The third-order valence-electron chi connectivity index (χ3n) is 4.70. The van der Waals surface area contributed by atoms with Crippen LogP contribution in [0.3, 0.4) is 0 Å². The highest BCUT2D eigenvalue weighted by atomic mass is 16.6. The minimum atomic E-state index is -0.687. The average molecular weight is 316 g/mol. The van der Waals surface area contributed by atoms with Crippen LogP contribution in [0.4, 0.5) is 4.79 Å². The third kappa shape index (κ3) is 2.61. The summed E-state index contributed by atoms with van der Waals surface area (Å²) in [7, 11) is 0. The number of likely N-dealkylation sites (tertiary alicyclic amines) is 1. The van der Waals surface area contributed by atoms with Crippen molar-refractivity contribution in [2.75, 3.05) is 19.7 Å². The molecule has 2 atom stereocenters. The predicted molar refractivity (Wildman–Crippen MR) is 86.7 cm³/mol. The largest absolute Gasteiger partial charge is 0.448 e. The minimum Gasteiger partial charge on any atom is -0.448 e. The summed E-state index contributed by atoms with van der Waals surface area (Å²) in [6.07, 6.45) is 3.04. The van der Waals surface area contributed by atoms with Crippen LogP contribution in [-0.2, 0) is 10.4 Å². The van der Waals surface area contributed by atoms with Crippen molar-refractivity contribution in [1.82, 2.24) is 9.91 Å². The molecule has 6 nitrogen and oxygen atoms in total. The van der Waals surface area contributed by atoms with Crippen molar-refractivity contribution in [1.29, 1.82) is 0 Å². The molecule has 6 heteroatoms. The molecule has 23 heavy (non-hydrogen) atoms. The first-order valence-electron chi connectivity index (χ1n) is 8.39. The van der Waals surface area contributed by atoms with E-state index in [4.69, 9.17) is 4.74 Å². The molecule has 0 aromatic heterocycles. The van der Waals surface area contributed by atoms with Gasteiger partial charge in [-0.25, -0.2) is 4.79 Å². The summed E-state index contributed by atoms with van der Waals surface area (Å²) in [6.45, 7) is 6.01. The number of benzene rings is 1. The molecule has 1 fully saturated rings. The van der Waals surface area contributed by atoms with Crippen LogP contribution in [0, 0.1) is 0 Å². The number of carbonyl (C=O) groups is 1. The van der Waals surface area contributed by atoms with Crippen molar-refractivity contribution in [2.24, 2.45) is 10.3 Å². The maximum atomic E-state index is 12.5. The molecule has 0 aliphatic carbocycles. The van der Waals surface area contributed by atoms with Gasteiger partial charge in [-0.3, -0.25) is 4.90 Å². The standard InChI is InChI=1S/C17H24N4O2/c1-3-23-16(22)21-17(14(2)18-19-21,15-10-6-4-7-11-15)20-12-8-5-9-13-20/h4,6-7,10-11,14H,3,5,8-9,12-13H2,1-2H3. The van der Waals surface area contributed by atoms with Crippen LogP contribution in [0.1, 0.15) is 38.7 Å². The van der Waals surface area contributed by atoms with E-state index >= 15 is 0 Å². The molecule has 1 saturated heterocycles. The fourth-order valence-electron chi connectivity index (χ4n) is 3.68. The van der Waals surface area contributed by atoms with Gasteiger partial charge < -0.3 is 4.74 Å². The highest BCUT2D eigenvalue weighted by Crippen LogP contribution is 2.43. The Morgan fingerprint density at radius 3 is 2.61 bits per heavy atom. The Hall–Kier alpha value is -1.95. The summed E-state index contributed by atoms with van der Waals surface area (Å²) >= 11 is 0. The number of ether oxygens (including phenoxy) is 1. The Morgan fingerprint density at radius 1 is 1.26 bits per heavy atom. The molecule has 124 valence electrons. The Labute approximate surface area is 137 Å². The quantitative estimate of drug-likeness (QED) is 0.857. The van der Waals surface area contributed by atoms with E-state index in [-0.39, 0.29) is 6.04 Å². The van der Waals surface area contributed by atoms with Gasteiger partial charge in [-0.15, -0.1) is 0 Å². The van der Waals surface area contributed by atoms with Crippen LogP contribution >= 0.6 is 0 Å². The first kappa shape index (κ1) is 15.9. The number of hydrogen-bond acceptors (Lipinski definition) is 5. The monoisotopic (exact) mass is 316 g/mol. The molecule has 2 unspecified atom stereocenters. The molecule has 1 aromatic carbocycles. The lowest BCUT2D eigenvalue weighted by Crippen LogP contribution is -2.61. The van der Waals surface area contributed by atoms with E-state index in [1.165, 1.54) is 11.4 Å². The second kappa shape index (κ2) is 6.66. The van der Waals surface area contributed by atoms with Gasteiger partial charge in [0.05, 0.1) is 6.61 Å². The van der Waals surface area contributed by atoms with Crippen LogP contribution in [0.25, 0.3) is 0 Å². The van der Waals surface area contributed by atoms with E-state index in [2.05, 4.69) is 15.2 Å². The molecule has 0 bridgehead atoms. The molecule has 2 aliphatic heterocycles. The van der Waals surface area contributed by atoms with E-state index < -0.39 is 11.8 Å². The van der Waals surface area contributed by atoms with Gasteiger partial charge in [0.25, 0.3) is 0 Å². The number of carbonyl (C=O) groups excluding carboxylic acids is 1. The Kier molecular flexibility index (Phi) is 4.61. The number of piperidine rings is 1. The van der Waals surface area contributed by atoms with Crippen molar-refractivity contribution >= 4 is 6.09 Å². The molecule has 2 heterocycles. The smallest absolute Gasteiger partial charge is 0.434 e. The molecule has 3 rings (SSSR count). The summed E-state index contributed by atoms with van der Waals surface area (Å²) < 4.78 is 5.25. The highest BCUT2D eigenvalue weighted by molar-refractivity contribution is 5.69. The second-order valence-electron chi connectivity index (χ2n) is 6.03.